The molecule has 0 bridgehead atoms. The summed E-state index contributed by atoms with van der Waals surface area (Å²) in [5.74, 6) is -0.944. The zero-order valence-electron chi connectivity index (χ0n) is 10.8. The number of aliphatic hydroxyl groups is 1. The summed E-state index contributed by atoms with van der Waals surface area (Å²) in [6.45, 7) is 8.37. The highest BCUT2D eigenvalue weighted by Crippen LogP contribution is 2.24. The third-order valence-electron chi connectivity index (χ3n) is 3.01. The molecule has 0 heterocycles. The lowest BCUT2D eigenvalue weighted by Crippen LogP contribution is -2.45. The highest BCUT2D eigenvalue weighted by Gasteiger charge is 2.23. The molecule has 1 atom stereocenters. The van der Waals surface area contributed by atoms with Crippen LogP contribution in [0.1, 0.15) is 27.7 Å². The zero-order chi connectivity index (χ0) is 13.6. The maximum Gasteiger partial charge on any atom is 0.334 e. The van der Waals surface area contributed by atoms with E-state index < -0.39 is 18.1 Å². The monoisotopic (exact) mass is 246 g/mol. The number of aliphatic hydroxyl groups excluding tert-OH is 1. The first-order valence-electron chi connectivity index (χ1n) is 5.59. The van der Waals surface area contributed by atoms with Crippen molar-refractivity contribution in [1.82, 2.24) is 10.6 Å². The first-order chi connectivity index (χ1) is 7.66. The molecule has 0 aliphatic heterocycles. The van der Waals surface area contributed by atoms with Crippen molar-refractivity contribution < 1.29 is 19.8 Å². The Morgan fingerprint density at radius 1 is 1.24 bits per heavy atom. The van der Waals surface area contributed by atoms with Gasteiger partial charge in [0.1, 0.15) is 0 Å². The fourth-order valence-electron chi connectivity index (χ4n) is 0.851. The number of rotatable bonds is 6. The summed E-state index contributed by atoms with van der Waals surface area (Å²) in [7, 11) is 0. The molecule has 100 valence electrons. The minimum absolute atomic E-state index is 0.0389. The summed E-state index contributed by atoms with van der Waals surface area (Å²) in [6, 6.07) is -0.473. The number of aliphatic carboxylic acids is 1. The van der Waals surface area contributed by atoms with Crippen molar-refractivity contribution in [3.05, 3.63) is 0 Å². The van der Waals surface area contributed by atoms with Gasteiger partial charge in [-0.1, -0.05) is 27.7 Å². The Morgan fingerprint density at radius 3 is 2.18 bits per heavy atom. The Morgan fingerprint density at radius 2 is 1.76 bits per heavy atom. The first-order valence-corrected chi connectivity index (χ1v) is 5.59. The van der Waals surface area contributed by atoms with E-state index in [9.17, 15) is 9.59 Å². The number of hydrogen-bond donors (Lipinski definition) is 4. The summed E-state index contributed by atoms with van der Waals surface area (Å²) >= 11 is 0. The van der Waals surface area contributed by atoms with Crippen LogP contribution >= 0.6 is 0 Å². The summed E-state index contributed by atoms with van der Waals surface area (Å²) in [6.07, 6.45) is -1.57. The second kappa shape index (κ2) is 6.44. The number of carboxylic acids is 1. The molecule has 0 aliphatic carbocycles. The molecule has 0 aromatic carbocycles. The topological polar surface area (TPSA) is 98.7 Å². The molecule has 6 heteroatoms. The highest BCUT2D eigenvalue weighted by atomic mass is 16.4. The standard InChI is InChI=1S/C11H22N2O4/c1-7(2)11(3,4)6-13-10(17)12-5-8(14)9(15)16/h7-8,14H,5-6H2,1-4H3,(H,15,16)(H2,12,13,17). The van der Waals surface area contributed by atoms with E-state index in [1.165, 1.54) is 0 Å². The van der Waals surface area contributed by atoms with Crippen LogP contribution < -0.4 is 10.6 Å². The Kier molecular flexibility index (Phi) is 5.95. The van der Waals surface area contributed by atoms with Crippen molar-refractivity contribution in [2.45, 2.75) is 33.8 Å². The quantitative estimate of drug-likeness (QED) is 0.545. The molecule has 2 amide bonds. The van der Waals surface area contributed by atoms with E-state index in [4.69, 9.17) is 10.2 Å². The van der Waals surface area contributed by atoms with Crippen LogP contribution in [0.2, 0.25) is 0 Å². The van der Waals surface area contributed by atoms with Gasteiger partial charge in [-0.15, -0.1) is 0 Å². The number of hydrogen-bond acceptors (Lipinski definition) is 3. The fourth-order valence-corrected chi connectivity index (χ4v) is 0.851. The van der Waals surface area contributed by atoms with Crippen molar-refractivity contribution in [2.75, 3.05) is 13.1 Å². The molecule has 6 nitrogen and oxygen atoms in total. The van der Waals surface area contributed by atoms with E-state index in [1.54, 1.807) is 0 Å². The number of nitrogens with one attached hydrogen (secondary N) is 2. The molecule has 0 saturated carbocycles. The van der Waals surface area contributed by atoms with E-state index in [1.807, 2.05) is 13.8 Å². The van der Waals surface area contributed by atoms with Crippen LogP contribution in [0.5, 0.6) is 0 Å². The molecule has 4 N–H and O–H groups in total. The molecule has 0 rings (SSSR count). The Bertz CT molecular complexity index is 277. The normalized spacial score (nSPS) is 13.3. The number of urea groups is 1. The van der Waals surface area contributed by atoms with Gasteiger partial charge < -0.3 is 20.8 Å². The van der Waals surface area contributed by atoms with Gasteiger partial charge >= 0.3 is 12.0 Å². The van der Waals surface area contributed by atoms with Gasteiger partial charge in [-0.25, -0.2) is 9.59 Å². The first kappa shape index (κ1) is 15.7. The zero-order valence-corrected chi connectivity index (χ0v) is 10.8. The lowest BCUT2D eigenvalue weighted by atomic mass is 9.81. The number of carboxylic acid groups (broad SMARTS) is 1. The molecule has 0 spiro atoms. The van der Waals surface area contributed by atoms with Gasteiger partial charge in [0.15, 0.2) is 6.10 Å². The summed E-state index contributed by atoms with van der Waals surface area (Å²) in [5.41, 5.74) is -0.0389. The number of amides is 2. The SMILES string of the molecule is CC(C)C(C)(C)CNC(=O)NCC(O)C(=O)O. The lowest BCUT2D eigenvalue weighted by molar-refractivity contribution is -0.146. The summed E-state index contributed by atoms with van der Waals surface area (Å²) in [5, 5.41) is 22.3. The van der Waals surface area contributed by atoms with Crippen LogP contribution in [0.15, 0.2) is 0 Å². The van der Waals surface area contributed by atoms with Crippen molar-refractivity contribution in [1.29, 1.82) is 0 Å². The van der Waals surface area contributed by atoms with E-state index in [0.717, 1.165) is 0 Å². The minimum atomic E-state index is -1.57. The third-order valence-corrected chi connectivity index (χ3v) is 3.01. The predicted molar refractivity (Wildman–Crippen MR) is 63.7 cm³/mol. The van der Waals surface area contributed by atoms with Crippen molar-refractivity contribution in [3.63, 3.8) is 0 Å². The van der Waals surface area contributed by atoms with Gasteiger partial charge in [0.2, 0.25) is 0 Å². The molecular weight excluding hydrogens is 224 g/mol. The number of carbonyl (C=O) groups is 2. The highest BCUT2D eigenvalue weighted by molar-refractivity contribution is 5.76. The van der Waals surface area contributed by atoms with E-state index in [-0.39, 0.29) is 12.0 Å². The van der Waals surface area contributed by atoms with Gasteiger partial charge in [0.05, 0.1) is 6.54 Å². The van der Waals surface area contributed by atoms with Crippen LogP contribution in [0.25, 0.3) is 0 Å². The van der Waals surface area contributed by atoms with Gasteiger partial charge in [-0.2, -0.15) is 0 Å². The molecule has 0 fully saturated rings. The third kappa shape index (κ3) is 6.11. The van der Waals surface area contributed by atoms with Crippen LogP contribution in [-0.4, -0.2) is 41.4 Å². The van der Waals surface area contributed by atoms with Crippen LogP contribution in [-0.2, 0) is 4.79 Å². The Labute approximate surface area is 101 Å². The molecule has 17 heavy (non-hydrogen) atoms. The van der Waals surface area contributed by atoms with Gasteiger partial charge in [0, 0.05) is 6.54 Å². The van der Waals surface area contributed by atoms with E-state index in [0.29, 0.717) is 12.5 Å². The molecule has 1 unspecified atom stereocenters. The van der Waals surface area contributed by atoms with Crippen LogP contribution in [0.4, 0.5) is 4.79 Å². The van der Waals surface area contributed by atoms with Crippen molar-refractivity contribution in [2.24, 2.45) is 11.3 Å². The second-order valence-electron chi connectivity index (χ2n) is 5.06. The maximum absolute atomic E-state index is 11.3. The minimum Gasteiger partial charge on any atom is -0.479 e. The molecular formula is C11H22N2O4. The average molecular weight is 246 g/mol. The molecule has 0 radical (unpaired) electrons. The molecule has 0 aromatic heterocycles. The predicted octanol–water partition coefficient (Wildman–Crippen LogP) is 0.413. The van der Waals surface area contributed by atoms with Gasteiger partial charge in [0.25, 0.3) is 0 Å². The van der Waals surface area contributed by atoms with Gasteiger partial charge in [-0.05, 0) is 11.3 Å². The fraction of sp³-hybridized carbons (Fsp3) is 0.818. The summed E-state index contributed by atoms with van der Waals surface area (Å²) in [4.78, 5) is 21.6. The summed E-state index contributed by atoms with van der Waals surface area (Å²) < 4.78 is 0. The second-order valence-corrected chi connectivity index (χ2v) is 5.06. The van der Waals surface area contributed by atoms with Crippen LogP contribution in [0.3, 0.4) is 0 Å². The van der Waals surface area contributed by atoms with Crippen LogP contribution in [0, 0.1) is 11.3 Å². The Balaban J connectivity index is 3.93. The molecule has 0 aromatic rings. The largest absolute Gasteiger partial charge is 0.479 e. The van der Waals surface area contributed by atoms with E-state index in [2.05, 4.69) is 24.5 Å². The van der Waals surface area contributed by atoms with Gasteiger partial charge in [-0.3, -0.25) is 0 Å². The smallest absolute Gasteiger partial charge is 0.334 e. The van der Waals surface area contributed by atoms with E-state index >= 15 is 0 Å². The molecule has 0 saturated heterocycles. The van der Waals surface area contributed by atoms with Crippen molar-refractivity contribution >= 4 is 12.0 Å². The Hall–Kier alpha value is -1.30. The average Bonchev–Trinajstić information content (AvgIpc) is 2.22. The molecule has 0 aliphatic rings. The van der Waals surface area contributed by atoms with Crippen molar-refractivity contribution in [3.8, 4) is 0 Å². The maximum atomic E-state index is 11.3. The number of carbonyl (C=O) groups excluding carboxylic acids is 1. The lowest BCUT2D eigenvalue weighted by Gasteiger charge is -2.29.